The molecule has 0 aromatic heterocycles. The smallest absolute Gasteiger partial charge is 0.320 e. The van der Waals surface area contributed by atoms with Crippen LogP contribution in [0.25, 0.3) is 0 Å². The van der Waals surface area contributed by atoms with Crippen LogP contribution in [0.4, 0.5) is 8.78 Å². The van der Waals surface area contributed by atoms with Crippen molar-refractivity contribution in [2.75, 3.05) is 0 Å². The van der Waals surface area contributed by atoms with Crippen LogP contribution in [0, 0.1) is 11.6 Å². The van der Waals surface area contributed by atoms with E-state index in [1.165, 1.54) is 0 Å². The van der Waals surface area contributed by atoms with E-state index in [0.717, 1.165) is 0 Å². The molecule has 4 N–H and O–H groups in total. The summed E-state index contributed by atoms with van der Waals surface area (Å²) in [6, 6.07) is -0.0766. The SMILES string of the molecule is NC(Cc1c(O)cc(F)cc1F)C(=O)O. The zero-order valence-corrected chi connectivity index (χ0v) is 7.58. The van der Waals surface area contributed by atoms with E-state index in [9.17, 15) is 18.7 Å². The molecule has 1 unspecified atom stereocenters. The Bertz CT molecular complexity index is 372. The number of carboxylic acids is 1. The molecule has 82 valence electrons. The summed E-state index contributed by atoms with van der Waals surface area (Å²) in [6.07, 6.45) is -0.396. The van der Waals surface area contributed by atoms with Crippen molar-refractivity contribution in [3.63, 3.8) is 0 Å². The Balaban J connectivity index is 3.00. The molecule has 1 atom stereocenters. The summed E-state index contributed by atoms with van der Waals surface area (Å²) >= 11 is 0. The number of phenols is 1. The van der Waals surface area contributed by atoms with Gasteiger partial charge in [0, 0.05) is 24.1 Å². The third kappa shape index (κ3) is 2.63. The summed E-state index contributed by atoms with van der Waals surface area (Å²) in [5.41, 5.74) is 4.85. The van der Waals surface area contributed by atoms with Gasteiger partial charge in [0.15, 0.2) is 0 Å². The molecule has 1 aromatic rings. The van der Waals surface area contributed by atoms with Gasteiger partial charge < -0.3 is 15.9 Å². The van der Waals surface area contributed by atoms with E-state index in [1.807, 2.05) is 0 Å². The van der Waals surface area contributed by atoms with Gasteiger partial charge in [-0.2, -0.15) is 0 Å². The number of carbonyl (C=O) groups is 1. The minimum atomic E-state index is -1.34. The number of nitrogens with two attached hydrogens (primary N) is 1. The molecule has 0 aliphatic heterocycles. The van der Waals surface area contributed by atoms with Gasteiger partial charge in [0.05, 0.1) is 0 Å². The van der Waals surface area contributed by atoms with Crippen LogP contribution in [-0.4, -0.2) is 22.2 Å². The van der Waals surface area contributed by atoms with E-state index < -0.39 is 35.8 Å². The molecule has 0 spiro atoms. The molecule has 6 heteroatoms. The summed E-state index contributed by atoms with van der Waals surface area (Å²) in [4.78, 5) is 10.4. The molecule has 0 aliphatic rings. The number of benzene rings is 1. The number of hydrogen-bond donors (Lipinski definition) is 3. The maximum Gasteiger partial charge on any atom is 0.320 e. The first-order valence-electron chi connectivity index (χ1n) is 4.07. The molecule has 0 heterocycles. The standard InChI is InChI=1S/C9H9F2NO3/c10-4-1-6(11)5(8(13)2-4)3-7(12)9(14)15/h1-2,7,13H,3,12H2,(H,14,15). The molecule has 0 aliphatic carbocycles. The van der Waals surface area contributed by atoms with Gasteiger partial charge >= 0.3 is 5.97 Å². The molecular formula is C9H9F2NO3. The number of phenolic OH excluding ortho intramolecular Hbond substituents is 1. The third-order valence-corrected chi connectivity index (χ3v) is 1.88. The largest absolute Gasteiger partial charge is 0.507 e. The maximum absolute atomic E-state index is 13.1. The first-order chi connectivity index (χ1) is 6.91. The van der Waals surface area contributed by atoms with E-state index in [1.54, 1.807) is 0 Å². The van der Waals surface area contributed by atoms with Crippen molar-refractivity contribution in [1.82, 2.24) is 0 Å². The van der Waals surface area contributed by atoms with Gasteiger partial charge in [0.2, 0.25) is 0 Å². The topological polar surface area (TPSA) is 83.5 Å². The molecule has 4 nitrogen and oxygen atoms in total. The lowest BCUT2D eigenvalue weighted by atomic mass is 10.0. The molecule has 1 aromatic carbocycles. The summed E-state index contributed by atoms with van der Waals surface area (Å²) in [5, 5.41) is 17.7. The minimum absolute atomic E-state index is 0.300. The van der Waals surface area contributed by atoms with Crippen molar-refractivity contribution in [3.05, 3.63) is 29.3 Å². The van der Waals surface area contributed by atoms with Crippen molar-refractivity contribution < 1.29 is 23.8 Å². The third-order valence-electron chi connectivity index (χ3n) is 1.88. The number of carboxylic acid groups (broad SMARTS) is 1. The Morgan fingerprint density at radius 2 is 2.07 bits per heavy atom. The molecule has 15 heavy (non-hydrogen) atoms. The highest BCUT2D eigenvalue weighted by Crippen LogP contribution is 2.23. The number of aromatic hydroxyl groups is 1. The van der Waals surface area contributed by atoms with Crippen LogP contribution in [0.2, 0.25) is 0 Å². The van der Waals surface area contributed by atoms with Gasteiger partial charge in [-0.15, -0.1) is 0 Å². The van der Waals surface area contributed by atoms with Crippen molar-refractivity contribution >= 4 is 5.97 Å². The molecule has 0 saturated heterocycles. The van der Waals surface area contributed by atoms with Gasteiger partial charge in [-0.25, -0.2) is 8.78 Å². The normalized spacial score (nSPS) is 12.5. The molecule has 0 radical (unpaired) electrons. The first-order valence-corrected chi connectivity index (χ1v) is 4.07. The van der Waals surface area contributed by atoms with Gasteiger partial charge in [-0.3, -0.25) is 4.79 Å². The Morgan fingerprint density at radius 1 is 1.47 bits per heavy atom. The van der Waals surface area contributed by atoms with Crippen LogP contribution < -0.4 is 5.73 Å². The zero-order valence-electron chi connectivity index (χ0n) is 7.58. The van der Waals surface area contributed by atoms with Crippen molar-refractivity contribution in [2.24, 2.45) is 5.73 Å². The Labute approximate surface area is 83.9 Å². The van der Waals surface area contributed by atoms with Crippen LogP contribution in [-0.2, 0) is 11.2 Å². The number of halogens is 2. The number of hydrogen-bond acceptors (Lipinski definition) is 3. The molecule has 1 rings (SSSR count). The lowest BCUT2D eigenvalue weighted by Gasteiger charge is -2.09. The van der Waals surface area contributed by atoms with Crippen LogP contribution in [0.5, 0.6) is 5.75 Å². The maximum atomic E-state index is 13.1. The second-order valence-corrected chi connectivity index (χ2v) is 3.03. The van der Waals surface area contributed by atoms with E-state index in [-0.39, 0.29) is 5.56 Å². The summed E-state index contributed by atoms with van der Waals surface area (Å²) in [6.45, 7) is 0. The summed E-state index contributed by atoms with van der Waals surface area (Å²) in [7, 11) is 0. The molecule has 0 bridgehead atoms. The van der Waals surface area contributed by atoms with Crippen LogP contribution in [0.1, 0.15) is 5.56 Å². The lowest BCUT2D eigenvalue weighted by molar-refractivity contribution is -0.138. The van der Waals surface area contributed by atoms with Crippen molar-refractivity contribution in [1.29, 1.82) is 0 Å². The van der Waals surface area contributed by atoms with E-state index in [0.29, 0.717) is 12.1 Å². The Morgan fingerprint density at radius 3 is 2.53 bits per heavy atom. The fraction of sp³-hybridized carbons (Fsp3) is 0.222. The average molecular weight is 217 g/mol. The summed E-state index contributed by atoms with van der Waals surface area (Å²) in [5.74, 6) is -3.90. The van der Waals surface area contributed by atoms with Crippen LogP contribution in [0.3, 0.4) is 0 Å². The van der Waals surface area contributed by atoms with Crippen molar-refractivity contribution in [2.45, 2.75) is 12.5 Å². The Kier molecular flexibility index (Phi) is 3.21. The van der Waals surface area contributed by atoms with E-state index in [2.05, 4.69) is 0 Å². The van der Waals surface area contributed by atoms with Crippen molar-refractivity contribution in [3.8, 4) is 5.75 Å². The predicted octanol–water partition coefficient (Wildman–Crippen LogP) is 0.625. The van der Waals surface area contributed by atoms with Crippen LogP contribution in [0.15, 0.2) is 12.1 Å². The molecule has 0 fully saturated rings. The lowest BCUT2D eigenvalue weighted by Crippen LogP contribution is -2.32. The fourth-order valence-corrected chi connectivity index (χ4v) is 1.10. The quantitative estimate of drug-likeness (QED) is 0.693. The number of rotatable bonds is 3. The van der Waals surface area contributed by atoms with E-state index in [4.69, 9.17) is 10.8 Å². The van der Waals surface area contributed by atoms with E-state index >= 15 is 0 Å². The zero-order chi connectivity index (χ0) is 11.6. The highest BCUT2D eigenvalue weighted by Gasteiger charge is 2.18. The first kappa shape index (κ1) is 11.4. The van der Waals surface area contributed by atoms with Gasteiger partial charge in [-0.1, -0.05) is 0 Å². The average Bonchev–Trinajstić information content (AvgIpc) is 2.10. The van der Waals surface area contributed by atoms with Gasteiger partial charge in [-0.05, 0) is 0 Å². The fourth-order valence-electron chi connectivity index (χ4n) is 1.10. The predicted molar refractivity (Wildman–Crippen MR) is 47.3 cm³/mol. The summed E-state index contributed by atoms with van der Waals surface area (Å²) < 4.78 is 25.6. The monoisotopic (exact) mass is 217 g/mol. The van der Waals surface area contributed by atoms with Gasteiger partial charge in [0.25, 0.3) is 0 Å². The molecule has 0 amide bonds. The second kappa shape index (κ2) is 4.22. The molecular weight excluding hydrogens is 208 g/mol. The minimum Gasteiger partial charge on any atom is -0.507 e. The molecule has 0 saturated carbocycles. The highest BCUT2D eigenvalue weighted by molar-refractivity contribution is 5.73. The second-order valence-electron chi connectivity index (χ2n) is 3.03. The Hall–Kier alpha value is -1.69. The highest BCUT2D eigenvalue weighted by atomic mass is 19.1. The van der Waals surface area contributed by atoms with Gasteiger partial charge in [0.1, 0.15) is 23.4 Å². The van der Waals surface area contributed by atoms with Crippen LogP contribution >= 0.6 is 0 Å². The number of aliphatic carboxylic acids is 1.